The van der Waals surface area contributed by atoms with Gasteiger partial charge in [0.05, 0.1) is 19.4 Å². The molecule has 0 spiro atoms. The molecule has 138 valence electrons. The average molecular weight is 348 g/mol. The highest BCUT2D eigenvalue weighted by molar-refractivity contribution is 5.92. The zero-order chi connectivity index (χ0) is 18.1. The Morgan fingerprint density at radius 1 is 1.16 bits per heavy atom. The van der Waals surface area contributed by atoms with E-state index in [1.165, 1.54) is 39.2 Å². The molecule has 0 saturated heterocycles. The van der Waals surface area contributed by atoms with Gasteiger partial charge in [-0.3, -0.25) is 10.1 Å². The summed E-state index contributed by atoms with van der Waals surface area (Å²) in [5.41, 5.74) is 1.15. The summed E-state index contributed by atoms with van der Waals surface area (Å²) in [7, 11) is 1.51. The second kappa shape index (κ2) is 9.91. The van der Waals surface area contributed by atoms with Crippen LogP contribution in [0.1, 0.15) is 51.9 Å². The summed E-state index contributed by atoms with van der Waals surface area (Å²) in [6, 6.07) is 5.12. The third-order valence-corrected chi connectivity index (χ3v) is 4.50. The molecular formula is C19H28N2O4. The molecule has 2 rings (SSSR count). The van der Waals surface area contributed by atoms with E-state index in [0.717, 1.165) is 6.42 Å². The van der Waals surface area contributed by atoms with Gasteiger partial charge in [0.25, 0.3) is 0 Å². The molecule has 2 N–H and O–H groups in total. The smallest absolute Gasteiger partial charge is 0.411 e. The normalized spacial score (nSPS) is 14.6. The number of carbonyl (C=O) groups excluding carboxylic acids is 2. The number of amides is 2. The molecule has 0 aromatic heterocycles. The van der Waals surface area contributed by atoms with Gasteiger partial charge in [0.2, 0.25) is 5.91 Å². The first kappa shape index (κ1) is 19.1. The second-order valence-corrected chi connectivity index (χ2v) is 6.35. The molecule has 1 fully saturated rings. The highest BCUT2D eigenvalue weighted by atomic mass is 16.5. The van der Waals surface area contributed by atoms with Gasteiger partial charge in [0.15, 0.2) is 0 Å². The van der Waals surface area contributed by atoms with Gasteiger partial charge in [-0.05, 0) is 31.4 Å². The molecule has 0 heterocycles. The number of methoxy groups -OCH3 is 1. The summed E-state index contributed by atoms with van der Waals surface area (Å²) >= 11 is 0. The van der Waals surface area contributed by atoms with Gasteiger partial charge in [-0.1, -0.05) is 32.1 Å². The van der Waals surface area contributed by atoms with Crippen molar-refractivity contribution in [1.82, 2.24) is 0 Å². The highest BCUT2D eigenvalue weighted by Crippen LogP contribution is 2.29. The van der Waals surface area contributed by atoms with Gasteiger partial charge in [0, 0.05) is 18.2 Å². The van der Waals surface area contributed by atoms with Crippen LogP contribution >= 0.6 is 0 Å². The number of carbonyl (C=O) groups is 2. The Labute approximate surface area is 149 Å². The predicted molar refractivity (Wildman–Crippen MR) is 98.1 cm³/mol. The van der Waals surface area contributed by atoms with Crippen LogP contribution in [0.3, 0.4) is 0 Å². The minimum Gasteiger partial charge on any atom is -0.494 e. The second-order valence-electron chi connectivity index (χ2n) is 6.35. The molecule has 0 radical (unpaired) electrons. The lowest BCUT2D eigenvalue weighted by atomic mass is 9.86. The molecular weight excluding hydrogens is 320 g/mol. The molecule has 6 nitrogen and oxygen atoms in total. The third-order valence-electron chi connectivity index (χ3n) is 4.50. The molecule has 1 aliphatic rings. The van der Waals surface area contributed by atoms with Crippen LogP contribution in [0.15, 0.2) is 18.2 Å². The van der Waals surface area contributed by atoms with Crippen molar-refractivity contribution in [2.75, 3.05) is 24.4 Å². The number of rotatable bonds is 7. The molecule has 0 bridgehead atoms. The fraction of sp³-hybridized carbons (Fsp3) is 0.579. The van der Waals surface area contributed by atoms with E-state index in [9.17, 15) is 9.59 Å². The maximum absolute atomic E-state index is 12.2. The summed E-state index contributed by atoms with van der Waals surface area (Å²) in [6.45, 7) is 2.03. The van der Waals surface area contributed by atoms with Crippen molar-refractivity contribution in [3.8, 4) is 5.75 Å². The van der Waals surface area contributed by atoms with Crippen LogP contribution in [0.25, 0.3) is 0 Å². The standard InChI is InChI=1S/C19H28N2O4/c1-3-25-19(23)21-16-11-10-15(13-17(16)24-2)20-18(22)12-9-14-7-5-4-6-8-14/h10-11,13-14H,3-9,12H2,1-2H3,(H,20,22)(H,21,23). The van der Waals surface area contributed by atoms with Crippen LogP contribution < -0.4 is 15.4 Å². The van der Waals surface area contributed by atoms with Crippen LogP contribution in [0.5, 0.6) is 5.75 Å². The van der Waals surface area contributed by atoms with Crippen molar-refractivity contribution in [3.05, 3.63) is 18.2 Å². The molecule has 1 saturated carbocycles. The van der Waals surface area contributed by atoms with Crippen molar-refractivity contribution >= 4 is 23.4 Å². The lowest BCUT2D eigenvalue weighted by Crippen LogP contribution is -2.16. The van der Waals surface area contributed by atoms with E-state index in [1.807, 2.05) is 0 Å². The zero-order valence-corrected chi connectivity index (χ0v) is 15.1. The van der Waals surface area contributed by atoms with Crippen molar-refractivity contribution in [3.63, 3.8) is 0 Å². The molecule has 1 aromatic carbocycles. The maximum Gasteiger partial charge on any atom is 0.411 e. The van der Waals surface area contributed by atoms with Crippen LogP contribution in [0.4, 0.5) is 16.2 Å². The highest BCUT2D eigenvalue weighted by Gasteiger charge is 2.15. The van der Waals surface area contributed by atoms with Crippen molar-refractivity contribution in [2.45, 2.75) is 51.9 Å². The molecule has 25 heavy (non-hydrogen) atoms. The third kappa shape index (κ3) is 6.29. The Morgan fingerprint density at radius 2 is 1.92 bits per heavy atom. The van der Waals surface area contributed by atoms with E-state index in [2.05, 4.69) is 10.6 Å². The fourth-order valence-corrected chi connectivity index (χ4v) is 3.18. The first-order valence-corrected chi connectivity index (χ1v) is 9.04. The largest absolute Gasteiger partial charge is 0.494 e. The molecule has 0 aliphatic heterocycles. The monoisotopic (exact) mass is 348 g/mol. The Hall–Kier alpha value is -2.24. The first-order valence-electron chi connectivity index (χ1n) is 9.04. The van der Waals surface area contributed by atoms with Gasteiger partial charge in [-0.15, -0.1) is 0 Å². The fourth-order valence-electron chi connectivity index (χ4n) is 3.18. The minimum atomic E-state index is -0.537. The first-order chi connectivity index (χ1) is 12.1. The van der Waals surface area contributed by atoms with Gasteiger partial charge in [0.1, 0.15) is 5.75 Å². The quantitative estimate of drug-likeness (QED) is 0.757. The SMILES string of the molecule is CCOC(=O)Nc1ccc(NC(=O)CCC2CCCCC2)cc1OC. The van der Waals surface area contributed by atoms with Gasteiger partial charge >= 0.3 is 6.09 Å². The van der Waals surface area contributed by atoms with E-state index in [1.54, 1.807) is 25.1 Å². The van der Waals surface area contributed by atoms with Gasteiger partial charge in [-0.25, -0.2) is 4.79 Å². The summed E-state index contributed by atoms with van der Waals surface area (Å²) in [6.07, 6.45) is 7.35. The summed E-state index contributed by atoms with van der Waals surface area (Å²) in [4.78, 5) is 23.7. The van der Waals surface area contributed by atoms with E-state index in [0.29, 0.717) is 36.1 Å². The lowest BCUT2D eigenvalue weighted by Gasteiger charge is -2.21. The lowest BCUT2D eigenvalue weighted by molar-refractivity contribution is -0.116. The Morgan fingerprint density at radius 3 is 2.60 bits per heavy atom. The van der Waals surface area contributed by atoms with E-state index in [4.69, 9.17) is 9.47 Å². The molecule has 6 heteroatoms. The number of nitrogens with one attached hydrogen (secondary N) is 2. The Balaban J connectivity index is 1.88. The van der Waals surface area contributed by atoms with Crippen LogP contribution in [-0.2, 0) is 9.53 Å². The number of anilines is 2. The van der Waals surface area contributed by atoms with Gasteiger partial charge < -0.3 is 14.8 Å². The zero-order valence-electron chi connectivity index (χ0n) is 15.1. The van der Waals surface area contributed by atoms with Crippen LogP contribution in [-0.4, -0.2) is 25.7 Å². The average Bonchev–Trinajstić information content (AvgIpc) is 2.62. The molecule has 2 amide bonds. The van der Waals surface area contributed by atoms with Crippen molar-refractivity contribution < 1.29 is 19.1 Å². The van der Waals surface area contributed by atoms with E-state index in [-0.39, 0.29) is 5.91 Å². The van der Waals surface area contributed by atoms with E-state index >= 15 is 0 Å². The Bertz CT molecular complexity index is 583. The molecule has 1 aliphatic carbocycles. The van der Waals surface area contributed by atoms with E-state index < -0.39 is 6.09 Å². The molecule has 0 unspecified atom stereocenters. The summed E-state index contributed by atoms with van der Waals surface area (Å²) in [5.74, 6) is 1.17. The topological polar surface area (TPSA) is 76.7 Å². The number of hydrogen-bond acceptors (Lipinski definition) is 4. The number of hydrogen-bond donors (Lipinski definition) is 2. The van der Waals surface area contributed by atoms with Crippen LogP contribution in [0, 0.1) is 5.92 Å². The maximum atomic E-state index is 12.2. The van der Waals surface area contributed by atoms with Gasteiger partial charge in [-0.2, -0.15) is 0 Å². The molecule has 0 atom stereocenters. The summed E-state index contributed by atoms with van der Waals surface area (Å²) in [5, 5.41) is 5.51. The molecule has 1 aromatic rings. The predicted octanol–water partition coefficient (Wildman–Crippen LogP) is 4.56. The van der Waals surface area contributed by atoms with Crippen molar-refractivity contribution in [1.29, 1.82) is 0 Å². The summed E-state index contributed by atoms with van der Waals surface area (Å²) < 4.78 is 10.1. The minimum absolute atomic E-state index is 0.0127. The number of benzene rings is 1. The number of ether oxygens (including phenoxy) is 2. The van der Waals surface area contributed by atoms with Crippen molar-refractivity contribution in [2.24, 2.45) is 5.92 Å². The Kier molecular flexibility index (Phi) is 7.57. The van der Waals surface area contributed by atoms with Crippen LogP contribution in [0.2, 0.25) is 0 Å².